The number of morpholine rings is 1. The molecule has 28 heavy (non-hydrogen) atoms. The Morgan fingerprint density at radius 2 is 1.82 bits per heavy atom. The fourth-order valence-corrected chi connectivity index (χ4v) is 2.79. The molecule has 150 valence electrons. The van der Waals surface area contributed by atoms with Crippen molar-refractivity contribution in [3.05, 3.63) is 36.1 Å². The topological polar surface area (TPSA) is 109 Å². The molecule has 0 saturated carbocycles. The zero-order chi connectivity index (χ0) is 19.9. The van der Waals surface area contributed by atoms with Crippen molar-refractivity contribution in [3.8, 4) is 0 Å². The lowest BCUT2D eigenvalue weighted by Crippen LogP contribution is -2.41. The van der Waals surface area contributed by atoms with Gasteiger partial charge in [0.1, 0.15) is 11.8 Å². The first-order valence-electron chi connectivity index (χ1n) is 9.20. The van der Waals surface area contributed by atoms with Gasteiger partial charge in [-0.15, -0.1) is 0 Å². The highest BCUT2D eigenvalue weighted by molar-refractivity contribution is 5.95. The molecule has 1 aliphatic heterocycles. The number of ether oxygens (including phenoxy) is 1. The molecule has 0 aliphatic carbocycles. The Morgan fingerprint density at radius 3 is 2.46 bits per heavy atom. The molecule has 0 spiro atoms. The van der Waals surface area contributed by atoms with Gasteiger partial charge in [0.15, 0.2) is 5.82 Å². The number of rotatable bonds is 7. The number of carbonyl (C=O) groups excluding carboxylic acids is 2. The predicted molar refractivity (Wildman–Crippen MR) is 105 cm³/mol. The van der Waals surface area contributed by atoms with Crippen LogP contribution >= 0.6 is 0 Å². The molecular formula is C19H25N5O4. The van der Waals surface area contributed by atoms with E-state index in [1.165, 1.54) is 0 Å². The molecule has 0 radical (unpaired) electrons. The summed E-state index contributed by atoms with van der Waals surface area (Å²) >= 11 is 0. The number of benzene rings is 1. The van der Waals surface area contributed by atoms with Gasteiger partial charge in [-0.1, -0.05) is 5.16 Å². The van der Waals surface area contributed by atoms with Crippen LogP contribution in [0.25, 0.3) is 0 Å². The summed E-state index contributed by atoms with van der Waals surface area (Å²) in [5.41, 5.74) is 1.48. The first-order chi connectivity index (χ1) is 13.5. The lowest BCUT2D eigenvalue weighted by atomic mass is 10.2. The number of nitrogens with zero attached hydrogens (tertiary/aromatic N) is 2. The molecule has 3 rings (SSSR count). The number of hydrogen-bond donors (Lipinski definition) is 3. The molecule has 1 aliphatic rings. The van der Waals surface area contributed by atoms with Gasteiger partial charge in [-0.3, -0.25) is 14.5 Å². The number of amides is 2. The van der Waals surface area contributed by atoms with Crippen molar-refractivity contribution in [2.45, 2.75) is 19.9 Å². The SMILES string of the molecule is Cc1cc(NC(=O)C(C)Nc2ccc(NC(=O)CN3CCOCC3)cc2)no1. The molecule has 2 heterocycles. The minimum absolute atomic E-state index is 0.0572. The van der Waals surface area contributed by atoms with E-state index in [1.807, 2.05) is 12.1 Å². The Bertz CT molecular complexity index is 799. The van der Waals surface area contributed by atoms with E-state index >= 15 is 0 Å². The number of aromatic nitrogens is 1. The summed E-state index contributed by atoms with van der Waals surface area (Å²) in [5, 5.41) is 12.4. The number of anilines is 3. The monoisotopic (exact) mass is 387 g/mol. The molecule has 0 bridgehead atoms. The highest BCUT2D eigenvalue weighted by atomic mass is 16.5. The summed E-state index contributed by atoms with van der Waals surface area (Å²) in [6.45, 7) is 6.72. The number of nitrogens with one attached hydrogen (secondary N) is 3. The number of carbonyl (C=O) groups is 2. The van der Waals surface area contributed by atoms with Crippen LogP contribution in [0.15, 0.2) is 34.9 Å². The molecule has 1 fully saturated rings. The molecular weight excluding hydrogens is 362 g/mol. The molecule has 9 heteroatoms. The quantitative estimate of drug-likeness (QED) is 0.663. The Balaban J connectivity index is 1.46. The highest BCUT2D eigenvalue weighted by Crippen LogP contribution is 2.15. The third kappa shape index (κ3) is 5.80. The summed E-state index contributed by atoms with van der Waals surface area (Å²) < 4.78 is 10.2. The van der Waals surface area contributed by atoms with Gasteiger partial charge in [-0.05, 0) is 38.1 Å². The zero-order valence-electron chi connectivity index (χ0n) is 16.0. The average molecular weight is 387 g/mol. The van der Waals surface area contributed by atoms with Gasteiger partial charge in [-0.25, -0.2) is 0 Å². The summed E-state index contributed by atoms with van der Waals surface area (Å²) in [7, 11) is 0. The van der Waals surface area contributed by atoms with E-state index in [4.69, 9.17) is 9.26 Å². The second-order valence-corrected chi connectivity index (χ2v) is 6.69. The second kappa shape index (κ2) is 9.34. The maximum Gasteiger partial charge on any atom is 0.247 e. The van der Waals surface area contributed by atoms with E-state index in [9.17, 15) is 9.59 Å². The third-order valence-corrected chi connectivity index (χ3v) is 4.30. The van der Waals surface area contributed by atoms with Crippen LogP contribution in [0, 0.1) is 6.92 Å². The lowest BCUT2D eigenvalue weighted by molar-refractivity contribution is -0.118. The molecule has 1 saturated heterocycles. The smallest absolute Gasteiger partial charge is 0.247 e. The Morgan fingerprint density at radius 1 is 1.14 bits per heavy atom. The first-order valence-corrected chi connectivity index (χ1v) is 9.20. The van der Waals surface area contributed by atoms with E-state index in [1.54, 1.807) is 32.0 Å². The van der Waals surface area contributed by atoms with Crippen LogP contribution in [0.5, 0.6) is 0 Å². The normalized spacial score (nSPS) is 15.6. The van der Waals surface area contributed by atoms with Gasteiger partial charge < -0.3 is 25.2 Å². The highest BCUT2D eigenvalue weighted by Gasteiger charge is 2.16. The summed E-state index contributed by atoms with van der Waals surface area (Å²) in [5.74, 6) is 0.728. The van der Waals surface area contributed by atoms with Crippen molar-refractivity contribution in [1.82, 2.24) is 10.1 Å². The Labute approximate surface area is 163 Å². The molecule has 3 N–H and O–H groups in total. The van der Waals surface area contributed by atoms with E-state index in [0.29, 0.717) is 37.0 Å². The second-order valence-electron chi connectivity index (χ2n) is 6.69. The number of aryl methyl sites for hydroxylation is 1. The number of hydrogen-bond acceptors (Lipinski definition) is 7. The van der Waals surface area contributed by atoms with E-state index in [2.05, 4.69) is 26.0 Å². The van der Waals surface area contributed by atoms with Crippen LogP contribution in [0.2, 0.25) is 0 Å². The van der Waals surface area contributed by atoms with Crippen molar-refractivity contribution in [3.63, 3.8) is 0 Å². The van der Waals surface area contributed by atoms with Crippen LogP contribution < -0.4 is 16.0 Å². The van der Waals surface area contributed by atoms with Gasteiger partial charge in [0, 0.05) is 30.5 Å². The van der Waals surface area contributed by atoms with Gasteiger partial charge >= 0.3 is 0 Å². The van der Waals surface area contributed by atoms with E-state index < -0.39 is 6.04 Å². The minimum Gasteiger partial charge on any atom is -0.379 e. The van der Waals surface area contributed by atoms with Crippen LogP contribution in [0.4, 0.5) is 17.2 Å². The molecule has 1 unspecified atom stereocenters. The lowest BCUT2D eigenvalue weighted by Gasteiger charge is -2.25. The molecule has 2 amide bonds. The predicted octanol–water partition coefficient (Wildman–Crippen LogP) is 1.69. The largest absolute Gasteiger partial charge is 0.379 e. The van der Waals surface area contributed by atoms with Crippen molar-refractivity contribution in [1.29, 1.82) is 0 Å². The first kappa shape index (κ1) is 19.8. The fourth-order valence-electron chi connectivity index (χ4n) is 2.79. The van der Waals surface area contributed by atoms with Crippen LogP contribution in [-0.4, -0.2) is 60.8 Å². The van der Waals surface area contributed by atoms with Crippen molar-refractivity contribution >= 4 is 29.0 Å². The summed E-state index contributed by atoms with van der Waals surface area (Å²) in [6, 6.07) is 8.40. The molecule has 2 aromatic rings. The van der Waals surface area contributed by atoms with Crippen LogP contribution in [-0.2, 0) is 14.3 Å². The zero-order valence-corrected chi connectivity index (χ0v) is 16.0. The van der Waals surface area contributed by atoms with Gasteiger partial charge in [0.2, 0.25) is 11.8 Å². The third-order valence-electron chi connectivity index (χ3n) is 4.30. The Kier molecular flexibility index (Phi) is 6.62. The Hall–Kier alpha value is -2.91. The standard InChI is InChI=1S/C19H25N5O4/c1-13-11-17(23-28-13)22-19(26)14(2)20-15-3-5-16(6-4-15)21-18(25)12-24-7-9-27-10-8-24/h3-6,11,14,20H,7-10,12H2,1-2H3,(H,21,25)(H,22,23,26). The minimum atomic E-state index is -0.473. The van der Waals surface area contributed by atoms with Gasteiger partial charge in [0.05, 0.1) is 19.8 Å². The summed E-state index contributed by atoms with van der Waals surface area (Å²) in [4.78, 5) is 26.4. The van der Waals surface area contributed by atoms with E-state index in [0.717, 1.165) is 18.8 Å². The molecule has 9 nitrogen and oxygen atoms in total. The fraction of sp³-hybridized carbons (Fsp3) is 0.421. The van der Waals surface area contributed by atoms with Gasteiger partial charge in [0.25, 0.3) is 0 Å². The average Bonchev–Trinajstić information content (AvgIpc) is 3.08. The molecule has 1 atom stereocenters. The summed E-state index contributed by atoms with van der Waals surface area (Å²) in [6.07, 6.45) is 0. The maximum atomic E-state index is 12.2. The van der Waals surface area contributed by atoms with Crippen LogP contribution in [0.3, 0.4) is 0 Å². The van der Waals surface area contributed by atoms with E-state index in [-0.39, 0.29) is 11.8 Å². The van der Waals surface area contributed by atoms with Crippen molar-refractivity contribution in [2.24, 2.45) is 0 Å². The van der Waals surface area contributed by atoms with Crippen molar-refractivity contribution < 1.29 is 18.8 Å². The maximum absolute atomic E-state index is 12.2. The molecule has 1 aromatic carbocycles. The molecule has 1 aromatic heterocycles. The van der Waals surface area contributed by atoms with Crippen LogP contribution in [0.1, 0.15) is 12.7 Å². The van der Waals surface area contributed by atoms with Gasteiger partial charge in [-0.2, -0.15) is 0 Å². The van der Waals surface area contributed by atoms with Crippen molar-refractivity contribution in [2.75, 3.05) is 48.8 Å².